The first kappa shape index (κ1) is 15.3. The molecule has 0 spiro atoms. The van der Waals surface area contributed by atoms with Crippen molar-refractivity contribution in [1.29, 1.82) is 0 Å². The summed E-state index contributed by atoms with van der Waals surface area (Å²) < 4.78 is 2.07. The first-order valence-corrected chi connectivity index (χ1v) is 8.60. The second-order valence-corrected chi connectivity index (χ2v) is 6.82. The Morgan fingerprint density at radius 1 is 1.32 bits per heavy atom. The maximum absolute atomic E-state index is 12.7. The van der Waals surface area contributed by atoms with E-state index < -0.39 is 0 Å². The van der Waals surface area contributed by atoms with Gasteiger partial charge in [-0.15, -0.1) is 0 Å². The van der Waals surface area contributed by atoms with Crippen LogP contribution in [0.5, 0.6) is 0 Å². The fraction of sp³-hybridized carbons (Fsp3) is 0.667. The molecule has 0 unspecified atom stereocenters. The smallest absolute Gasteiger partial charge is 0.223 e. The molecule has 1 aliphatic carbocycles. The Bertz CT molecular complexity index is 561. The minimum absolute atomic E-state index is 0.310. The zero-order valence-electron chi connectivity index (χ0n) is 13.8. The molecule has 2 atom stereocenters. The van der Waals surface area contributed by atoms with Gasteiger partial charge in [-0.05, 0) is 57.9 Å². The van der Waals surface area contributed by atoms with E-state index in [-0.39, 0.29) is 0 Å². The molecule has 0 N–H and O–H groups in total. The third-order valence-electron chi connectivity index (χ3n) is 4.98. The number of likely N-dealkylation sites (tertiary alicyclic amines) is 1. The molecule has 22 heavy (non-hydrogen) atoms. The summed E-state index contributed by atoms with van der Waals surface area (Å²) in [5.41, 5.74) is 2.25. The molecule has 0 radical (unpaired) electrons. The zero-order chi connectivity index (χ0) is 15.5. The number of piperidine rings is 1. The highest BCUT2D eigenvalue weighted by Gasteiger charge is 2.28. The van der Waals surface area contributed by atoms with Gasteiger partial charge in [-0.2, -0.15) is 5.10 Å². The lowest BCUT2D eigenvalue weighted by Gasteiger charge is -2.36. The number of carbonyl (C=O) groups excluding carboxylic acids is 1. The number of aryl methyl sites for hydroxylation is 2. The molecule has 120 valence electrons. The molecule has 1 aromatic heterocycles. The van der Waals surface area contributed by atoms with Crippen molar-refractivity contribution in [2.45, 2.75) is 65.0 Å². The fourth-order valence-electron chi connectivity index (χ4n) is 3.78. The average molecular weight is 301 g/mol. The van der Waals surface area contributed by atoms with Crippen LogP contribution in [0, 0.1) is 19.8 Å². The van der Waals surface area contributed by atoms with Crippen molar-refractivity contribution >= 4 is 5.91 Å². The van der Waals surface area contributed by atoms with Gasteiger partial charge < -0.3 is 4.90 Å². The number of hydrogen-bond donors (Lipinski definition) is 0. The molecule has 1 amide bonds. The Hall–Kier alpha value is -1.58. The quantitative estimate of drug-likeness (QED) is 0.801. The monoisotopic (exact) mass is 301 g/mol. The minimum atomic E-state index is 0.310. The summed E-state index contributed by atoms with van der Waals surface area (Å²) in [4.78, 5) is 14.8. The summed E-state index contributed by atoms with van der Waals surface area (Å²) >= 11 is 0. The van der Waals surface area contributed by atoms with Crippen molar-refractivity contribution in [1.82, 2.24) is 14.7 Å². The lowest BCUT2D eigenvalue weighted by molar-refractivity contribution is -0.136. The summed E-state index contributed by atoms with van der Waals surface area (Å²) in [6.45, 7) is 5.88. The third kappa shape index (κ3) is 3.42. The second kappa shape index (κ2) is 6.67. The molecule has 2 aliphatic rings. The summed E-state index contributed by atoms with van der Waals surface area (Å²) in [5.74, 6) is 0.798. The first-order chi connectivity index (χ1) is 10.6. The van der Waals surface area contributed by atoms with Crippen LogP contribution in [0.25, 0.3) is 0 Å². The molecule has 0 saturated carbocycles. The van der Waals surface area contributed by atoms with Crippen LogP contribution in [0.2, 0.25) is 0 Å². The number of hydrogen-bond acceptors (Lipinski definition) is 2. The fourth-order valence-corrected chi connectivity index (χ4v) is 3.78. The Morgan fingerprint density at radius 2 is 2.18 bits per heavy atom. The van der Waals surface area contributed by atoms with Gasteiger partial charge in [0.1, 0.15) is 0 Å². The van der Waals surface area contributed by atoms with Crippen LogP contribution in [0.1, 0.15) is 49.9 Å². The lowest BCUT2D eigenvalue weighted by atomic mass is 9.98. The highest BCUT2D eigenvalue weighted by atomic mass is 16.2. The predicted octanol–water partition coefficient (Wildman–Crippen LogP) is 3.24. The van der Waals surface area contributed by atoms with E-state index in [1.54, 1.807) is 0 Å². The predicted molar refractivity (Wildman–Crippen MR) is 87.5 cm³/mol. The van der Waals surface area contributed by atoms with Crippen molar-refractivity contribution in [3.8, 4) is 0 Å². The van der Waals surface area contributed by atoms with E-state index in [2.05, 4.69) is 39.8 Å². The largest absolute Gasteiger partial charge is 0.338 e. The standard InChI is InChI=1S/C18H27N3O/c1-14-11-15(2)21(19-14)13-17-9-5-6-10-20(17)18(22)12-16-7-3-4-8-16/h3,7,11,16-17H,4-6,8-10,12-13H2,1-2H3/t16-,17-/m1/s1. The maximum Gasteiger partial charge on any atom is 0.223 e. The molecule has 2 heterocycles. The van der Waals surface area contributed by atoms with Crippen LogP contribution in [0.4, 0.5) is 0 Å². The van der Waals surface area contributed by atoms with E-state index in [0.717, 1.165) is 44.5 Å². The highest BCUT2D eigenvalue weighted by Crippen LogP contribution is 2.25. The Kier molecular flexibility index (Phi) is 4.65. The van der Waals surface area contributed by atoms with E-state index in [1.807, 2.05) is 6.92 Å². The molecule has 1 fully saturated rings. The lowest BCUT2D eigenvalue weighted by Crippen LogP contribution is -2.46. The third-order valence-corrected chi connectivity index (χ3v) is 4.98. The van der Waals surface area contributed by atoms with Gasteiger partial charge in [0.2, 0.25) is 5.91 Å². The topological polar surface area (TPSA) is 38.1 Å². The number of amides is 1. The maximum atomic E-state index is 12.7. The minimum Gasteiger partial charge on any atom is -0.338 e. The van der Waals surface area contributed by atoms with E-state index in [4.69, 9.17) is 0 Å². The Morgan fingerprint density at radius 3 is 2.86 bits per heavy atom. The molecular formula is C18H27N3O. The Balaban J connectivity index is 1.66. The summed E-state index contributed by atoms with van der Waals surface area (Å²) in [6.07, 6.45) is 10.8. The molecule has 1 aliphatic heterocycles. The van der Waals surface area contributed by atoms with Gasteiger partial charge in [-0.3, -0.25) is 9.48 Å². The molecule has 4 heteroatoms. The Labute approximate surface area is 133 Å². The van der Waals surface area contributed by atoms with Crippen LogP contribution in [-0.4, -0.2) is 33.2 Å². The first-order valence-electron chi connectivity index (χ1n) is 8.60. The van der Waals surface area contributed by atoms with Crippen molar-refractivity contribution in [2.75, 3.05) is 6.54 Å². The SMILES string of the molecule is Cc1cc(C)n(C[C@H]2CCCCN2C(=O)C[C@@H]2C=CCC2)n1. The molecule has 3 rings (SSSR count). The van der Waals surface area contributed by atoms with Gasteiger partial charge in [-0.1, -0.05) is 12.2 Å². The number of allylic oxidation sites excluding steroid dienone is 2. The molecule has 1 saturated heterocycles. The molecule has 0 bridgehead atoms. The summed E-state index contributed by atoms with van der Waals surface area (Å²) in [7, 11) is 0. The van der Waals surface area contributed by atoms with Crippen LogP contribution >= 0.6 is 0 Å². The second-order valence-electron chi connectivity index (χ2n) is 6.82. The highest BCUT2D eigenvalue weighted by molar-refractivity contribution is 5.77. The number of rotatable bonds is 4. The van der Waals surface area contributed by atoms with Crippen LogP contribution in [-0.2, 0) is 11.3 Å². The number of nitrogens with zero attached hydrogens (tertiary/aromatic N) is 3. The van der Waals surface area contributed by atoms with Crippen molar-refractivity contribution < 1.29 is 4.79 Å². The number of carbonyl (C=O) groups is 1. The summed E-state index contributed by atoms with van der Waals surface area (Å²) in [5, 5.41) is 4.57. The molecule has 1 aromatic rings. The van der Waals surface area contributed by atoms with Gasteiger partial charge in [-0.25, -0.2) is 0 Å². The van der Waals surface area contributed by atoms with E-state index in [9.17, 15) is 4.79 Å². The van der Waals surface area contributed by atoms with Crippen LogP contribution < -0.4 is 0 Å². The van der Waals surface area contributed by atoms with Crippen molar-refractivity contribution in [2.24, 2.45) is 5.92 Å². The average Bonchev–Trinajstić information content (AvgIpc) is 3.10. The van der Waals surface area contributed by atoms with Gasteiger partial charge in [0.05, 0.1) is 18.3 Å². The molecule has 0 aromatic carbocycles. The normalized spacial score (nSPS) is 24.9. The van der Waals surface area contributed by atoms with Gasteiger partial charge >= 0.3 is 0 Å². The van der Waals surface area contributed by atoms with E-state index in [0.29, 0.717) is 24.3 Å². The van der Waals surface area contributed by atoms with E-state index in [1.165, 1.54) is 12.1 Å². The van der Waals surface area contributed by atoms with Crippen LogP contribution in [0.15, 0.2) is 18.2 Å². The molecule has 4 nitrogen and oxygen atoms in total. The van der Waals surface area contributed by atoms with E-state index >= 15 is 0 Å². The van der Waals surface area contributed by atoms with Crippen molar-refractivity contribution in [3.63, 3.8) is 0 Å². The van der Waals surface area contributed by atoms with Gasteiger partial charge in [0, 0.05) is 18.7 Å². The number of aromatic nitrogens is 2. The zero-order valence-corrected chi connectivity index (χ0v) is 13.8. The molecular weight excluding hydrogens is 274 g/mol. The van der Waals surface area contributed by atoms with Crippen molar-refractivity contribution in [3.05, 3.63) is 29.6 Å². The van der Waals surface area contributed by atoms with Gasteiger partial charge in [0.15, 0.2) is 0 Å². The van der Waals surface area contributed by atoms with Crippen LogP contribution in [0.3, 0.4) is 0 Å². The summed E-state index contributed by atoms with van der Waals surface area (Å²) in [6, 6.07) is 2.42. The van der Waals surface area contributed by atoms with Gasteiger partial charge in [0.25, 0.3) is 0 Å².